The predicted octanol–water partition coefficient (Wildman–Crippen LogP) is 4.23. The highest BCUT2D eigenvalue weighted by Gasteiger charge is 2.02. The van der Waals surface area contributed by atoms with E-state index < -0.39 is 0 Å². The van der Waals surface area contributed by atoms with Gasteiger partial charge >= 0.3 is 0 Å². The number of amides is 1. The van der Waals surface area contributed by atoms with Crippen molar-refractivity contribution in [1.82, 2.24) is 0 Å². The molecule has 0 saturated heterocycles. The first kappa shape index (κ1) is 12.0. The number of benzene rings is 2. The zero-order valence-corrected chi connectivity index (χ0v) is 10.3. The van der Waals surface area contributed by atoms with Crippen LogP contribution in [0.25, 0.3) is 11.1 Å². The summed E-state index contributed by atoms with van der Waals surface area (Å²) in [4.78, 5) is 10.4. The van der Waals surface area contributed by atoms with E-state index >= 15 is 0 Å². The van der Waals surface area contributed by atoms with Gasteiger partial charge in [0.25, 0.3) is 0 Å². The Labute approximate surface area is 109 Å². The molecule has 17 heavy (non-hydrogen) atoms. The molecular weight excluding hydrogens is 257 g/mol. The van der Waals surface area contributed by atoms with E-state index in [2.05, 4.69) is 5.32 Å². The molecule has 86 valence electrons. The topological polar surface area (TPSA) is 29.1 Å². The molecule has 0 atom stereocenters. The summed E-state index contributed by atoms with van der Waals surface area (Å²) in [5.74, 6) is 0. The number of rotatable bonds is 3. The molecule has 0 aliphatic rings. The number of hydrogen-bond acceptors (Lipinski definition) is 1. The number of halogens is 2. The van der Waals surface area contributed by atoms with Gasteiger partial charge in [-0.15, -0.1) is 0 Å². The third-order valence-corrected chi connectivity index (χ3v) is 3.08. The summed E-state index contributed by atoms with van der Waals surface area (Å²) in [7, 11) is 0. The molecule has 0 aliphatic carbocycles. The molecule has 1 amide bonds. The van der Waals surface area contributed by atoms with Crippen LogP contribution in [0.4, 0.5) is 5.69 Å². The smallest absolute Gasteiger partial charge is 0.211 e. The predicted molar refractivity (Wildman–Crippen MR) is 71.6 cm³/mol. The average Bonchev–Trinajstić information content (AvgIpc) is 2.33. The summed E-state index contributed by atoms with van der Waals surface area (Å²) in [5, 5.41) is 3.64. The van der Waals surface area contributed by atoms with E-state index in [0.717, 1.165) is 16.8 Å². The van der Waals surface area contributed by atoms with Crippen molar-refractivity contribution < 1.29 is 4.79 Å². The molecule has 0 bridgehead atoms. The van der Waals surface area contributed by atoms with E-state index in [1.807, 2.05) is 30.3 Å². The lowest BCUT2D eigenvalue weighted by atomic mass is 10.1. The van der Waals surface area contributed by atoms with Crippen molar-refractivity contribution >= 4 is 35.3 Å². The largest absolute Gasteiger partial charge is 0.329 e. The molecule has 2 rings (SSSR count). The molecule has 0 fully saturated rings. The summed E-state index contributed by atoms with van der Waals surface area (Å²) in [5.41, 5.74) is 2.66. The van der Waals surface area contributed by atoms with Crippen molar-refractivity contribution in [3.8, 4) is 11.1 Å². The fourth-order valence-corrected chi connectivity index (χ4v) is 1.83. The number of hydrogen-bond donors (Lipinski definition) is 1. The lowest BCUT2D eigenvalue weighted by Gasteiger charge is -2.05. The molecule has 0 radical (unpaired) electrons. The van der Waals surface area contributed by atoms with Crippen molar-refractivity contribution in [3.63, 3.8) is 0 Å². The third-order valence-electron chi connectivity index (χ3n) is 2.34. The first-order valence-electron chi connectivity index (χ1n) is 4.96. The van der Waals surface area contributed by atoms with Crippen LogP contribution in [0.3, 0.4) is 0 Å². The van der Waals surface area contributed by atoms with Crippen LogP contribution in [0, 0.1) is 0 Å². The van der Waals surface area contributed by atoms with E-state index in [4.69, 9.17) is 23.2 Å². The highest BCUT2D eigenvalue weighted by Crippen LogP contribution is 2.29. The van der Waals surface area contributed by atoms with E-state index in [9.17, 15) is 4.79 Å². The van der Waals surface area contributed by atoms with Gasteiger partial charge in [0.15, 0.2) is 0 Å². The van der Waals surface area contributed by atoms with Gasteiger partial charge in [0.1, 0.15) is 0 Å². The maximum absolute atomic E-state index is 10.4. The Morgan fingerprint density at radius 1 is 0.941 bits per heavy atom. The van der Waals surface area contributed by atoms with E-state index in [-0.39, 0.29) is 0 Å². The van der Waals surface area contributed by atoms with Crippen molar-refractivity contribution in [3.05, 3.63) is 52.5 Å². The van der Waals surface area contributed by atoms with E-state index in [0.29, 0.717) is 16.5 Å². The van der Waals surface area contributed by atoms with E-state index in [1.165, 1.54) is 0 Å². The molecule has 0 unspecified atom stereocenters. The van der Waals surface area contributed by atoms with Gasteiger partial charge in [-0.25, -0.2) is 0 Å². The van der Waals surface area contributed by atoms with Crippen molar-refractivity contribution in [1.29, 1.82) is 0 Å². The van der Waals surface area contributed by atoms with Crippen molar-refractivity contribution in [2.75, 3.05) is 5.32 Å². The van der Waals surface area contributed by atoms with Crippen LogP contribution in [-0.4, -0.2) is 6.41 Å². The Morgan fingerprint density at radius 2 is 1.71 bits per heavy atom. The highest BCUT2D eigenvalue weighted by molar-refractivity contribution is 6.42. The molecule has 0 heterocycles. The molecule has 2 aromatic carbocycles. The van der Waals surface area contributed by atoms with Gasteiger partial charge < -0.3 is 5.32 Å². The van der Waals surface area contributed by atoms with Gasteiger partial charge in [-0.05, 0) is 35.4 Å². The summed E-state index contributed by atoms with van der Waals surface area (Å²) in [6.07, 6.45) is 0.647. The van der Waals surface area contributed by atoms with Crippen LogP contribution in [-0.2, 0) is 4.79 Å². The molecule has 4 heteroatoms. The van der Waals surface area contributed by atoms with Crippen LogP contribution < -0.4 is 5.32 Å². The van der Waals surface area contributed by atoms with E-state index in [1.54, 1.807) is 12.1 Å². The number of carbonyl (C=O) groups is 1. The molecule has 2 nitrogen and oxygen atoms in total. The number of anilines is 1. The molecule has 0 saturated carbocycles. The second kappa shape index (κ2) is 5.21. The SMILES string of the molecule is O=CNc1cccc(-c2ccc(Cl)c(Cl)c2)c1. The zero-order chi connectivity index (χ0) is 12.3. The second-order valence-corrected chi connectivity index (χ2v) is 4.29. The van der Waals surface area contributed by atoms with Crippen LogP contribution in [0.5, 0.6) is 0 Å². The summed E-state index contributed by atoms with van der Waals surface area (Å²) in [6, 6.07) is 12.9. The van der Waals surface area contributed by atoms with Crippen LogP contribution in [0.1, 0.15) is 0 Å². The van der Waals surface area contributed by atoms with Crippen LogP contribution in [0.2, 0.25) is 10.0 Å². The third kappa shape index (κ3) is 2.78. The Hall–Kier alpha value is -1.51. The number of carbonyl (C=O) groups excluding carboxylic acids is 1. The molecule has 0 aromatic heterocycles. The normalized spacial score (nSPS) is 10.0. The van der Waals surface area contributed by atoms with Gasteiger partial charge in [0.2, 0.25) is 6.41 Å². The van der Waals surface area contributed by atoms with Crippen LogP contribution >= 0.6 is 23.2 Å². The maximum Gasteiger partial charge on any atom is 0.211 e. The minimum Gasteiger partial charge on any atom is -0.329 e. The molecule has 0 aliphatic heterocycles. The Morgan fingerprint density at radius 3 is 2.41 bits per heavy atom. The Kier molecular flexibility index (Phi) is 3.67. The Bertz CT molecular complexity index is 555. The fourth-order valence-electron chi connectivity index (χ4n) is 1.53. The molecule has 0 spiro atoms. The summed E-state index contributed by atoms with van der Waals surface area (Å²) < 4.78 is 0. The highest BCUT2D eigenvalue weighted by atomic mass is 35.5. The minimum absolute atomic E-state index is 0.512. The molecule has 2 aromatic rings. The lowest BCUT2D eigenvalue weighted by molar-refractivity contribution is -0.105. The summed E-state index contributed by atoms with van der Waals surface area (Å²) in [6.45, 7) is 0. The maximum atomic E-state index is 10.4. The first-order chi connectivity index (χ1) is 8.20. The molecule has 1 N–H and O–H groups in total. The van der Waals surface area contributed by atoms with Gasteiger partial charge in [-0.2, -0.15) is 0 Å². The quantitative estimate of drug-likeness (QED) is 0.827. The number of nitrogens with one attached hydrogen (secondary N) is 1. The fraction of sp³-hybridized carbons (Fsp3) is 0. The first-order valence-corrected chi connectivity index (χ1v) is 5.72. The minimum atomic E-state index is 0.512. The van der Waals surface area contributed by atoms with Gasteiger partial charge in [0, 0.05) is 5.69 Å². The zero-order valence-electron chi connectivity index (χ0n) is 8.78. The lowest BCUT2D eigenvalue weighted by Crippen LogP contribution is -1.93. The monoisotopic (exact) mass is 265 g/mol. The Balaban J connectivity index is 2.41. The van der Waals surface area contributed by atoms with Gasteiger partial charge in [-0.1, -0.05) is 41.4 Å². The van der Waals surface area contributed by atoms with Crippen molar-refractivity contribution in [2.45, 2.75) is 0 Å². The average molecular weight is 266 g/mol. The van der Waals surface area contributed by atoms with Gasteiger partial charge in [0.05, 0.1) is 10.0 Å². The second-order valence-electron chi connectivity index (χ2n) is 3.47. The summed E-state index contributed by atoms with van der Waals surface area (Å²) >= 11 is 11.8. The van der Waals surface area contributed by atoms with Crippen LogP contribution in [0.15, 0.2) is 42.5 Å². The molecular formula is C13H9Cl2NO. The van der Waals surface area contributed by atoms with Gasteiger partial charge in [-0.3, -0.25) is 4.79 Å². The van der Waals surface area contributed by atoms with Crippen molar-refractivity contribution in [2.24, 2.45) is 0 Å². The standard InChI is InChI=1S/C13H9Cl2NO/c14-12-5-4-10(7-13(12)15)9-2-1-3-11(6-9)16-8-17/h1-8H,(H,16,17).